The van der Waals surface area contributed by atoms with Crippen LogP contribution in [0.25, 0.3) is 5.57 Å². The van der Waals surface area contributed by atoms with Crippen LogP contribution in [-0.4, -0.2) is 33.9 Å². The van der Waals surface area contributed by atoms with Gasteiger partial charge >= 0.3 is 18.0 Å². The fourth-order valence-electron chi connectivity index (χ4n) is 2.14. The van der Waals surface area contributed by atoms with Gasteiger partial charge < -0.3 is 19.1 Å². The molecule has 9 nitrogen and oxygen atoms in total. The molecule has 9 heteroatoms. The second-order valence-electron chi connectivity index (χ2n) is 6.98. The number of aliphatic carboxylic acids is 1. The summed E-state index contributed by atoms with van der Waals surface area (Å²) in [5.41, 5.74) is -0.175. The highest BCUT2D eigenvalue weighted by molar-refractivity contribution is 6.15. The average Bonchev–Trinajstić information content (AvgIpc) is 3.07. The van der Waals surface area contributed by atoms with Gasteiger partial charge in [0.05, 0.1) is 6.42 Å². The first-order chi connectivity index (χ1) is 13.6. The zero-order valence-electron chi connectivity index (χ0n) is 16.3. The van der Waals surface area contributed by atoms with Gasteiger partial charge in [-0.25, -0.2) is 9.59 Å². The highest BCUT2D eigenvalue weighted by atomic mass is 16.6. The van der Waals surface area contributed by atoms with Crippen molar-refractivity contribution in [2.75, 3.05) is 5.32 Å². The van der Waals surface area contributed by atoms with Gasteiger partial charge in [0, 0.05) is 6.07 Å². The first-order valence-corrected chi connectivity index (χ1v) is 8.74. The summed E-state index contributed by atoms with van der Waals surface area (Å²) in [6, 6.07) is 10.3. The number of hydrogen-bond acceptors (Lipinski definition) is 7. The van der Waals surface area contributed by atoms with E-state index >= 15 is 0 Å². The van der Waals surface area contributed by atoms with Gasteiger partial charge in [0.15, 0.2) is 11.6 Å². The SMILES string of the molecule is CC(C)(C)OC(=O)Nc1cc(/C(=C\CC(=O)OCc2ccccc2)C(=O)O)on1. The molecule has 0 saturated carbocycles. The Morgan fingerprint density at radius 2 is 1.90 bits per heavy atom. The van der Waals surface area contributed by atoms with E-state index in [0.717, 1.165) is 11.6 Å². The number of benzene rings is 1. The lowest BCUT2D eigenvalue weighted by molar-refractivity contribution is -0.143. The van der Waals surface area contributed by atoms with E-state index < -0.39 is 23.6 Å². The fourth-order valence-corrected chi connectivity index (χ4v) is 2.14. The van der Waals surface area contributed by atoms with Gasteiger partial charge in [0.2, 0.25) is 0 Å². The standard InChI is InChI=1S/C20H22N2O7/c1-20(2,3)28-19(26)21-16-11-15(29-22-16)14(18(24)25)9-10-17(23)27-12-13-7-5-4-6-8-13/h4-9,11H,10,12H2,1-3H3,(H,24,25)(H,21,22,26)/b14-9+. The van der Waals surface area contributed by atoms with Crippen molar-refractivity contribution in [2.24, 2.45) is 0 Å². The lowest BCUT2D eigenvalue weighted by Gasteiger charge is -2.18. The van der Waals surface area contributed by atoms with Crippen molar-refractivity contribution in [1.29, 1.82) is 0 Å². The van der Waals surface area contributed by atoms with Gasteiger partial charge in [0.1, 0.15) is 17.8 Å². The number of carboxylic acids is 1. The second-order valence-corrected chi connectivity index (χ2v) is 6.98. The molecule has 2 N–H and O–H groups in total. The molecule has 0 aliphatic carbocycles. The van der Waals surface area contributed by atoms with Crippen LogP contribution in [-0.2, 0) is 25.7 Å². The van der Waals surface area contributed by atoms with Crippen molar-refractivity contribution in [3.8, 4) is 0 Å². The Labute approximate surface area is 167 Å². The summed E-state index contributed by atoms with van der Waals surface area (Å²) in [5, 5.41) is 15.3. The fraction of sp³-hybridized carbons (Fsp3) is 0.300. The van der Waals surface area contributed by atoms with Crippen LogP contribution >= 0.6 is 0 Å². The monoisotopic (exact) mass is 402 g/mol. The topological polar surface area (TPSA) is 128 Å². The van der Waals surface area contributed by atoms with Gasteiger partial charge in [-0.3, -0.25) is 10.1 Å². The van der Waals surface area contributed by atoms with Crippen LogP contribution in [0, 0.1) is 0 Å². The molecule has 0 saturated heterocycles. The number of carbonyl (C=O) groups excluding carboxylic acids is 2. The van der Waals surface area contributed by atoms with Gasteiger partial charge in [-0.2, -0.15) is 0 Å². The number of hydrogen-bond donors (Lipinski definition) is 2. The van der Waals surface area contributed by atoms with Crippen LogP contribution in [0.1, 0.15) is 38.5 Å². The molecule has 2 aromatic rings. The number of esters is 1. The van der Waals surface area contributed by atoms with Gasteiger partial charge in [-0.05, 0) is 26.3 Å². The largest absolute Gasteiger partial charge is 0.478 e. The molecule has 0 radical (unpaired) electrons. The lowest BCUT2D eigenvalue weighted by atomic mass is 10.1. The van der Waals surface area contributed by atoms with Crippen molar-refractivity contribution in [3.63, 3.8) is 0 Å². The van der Waals surface area contributed by atoms with E-state index in [2.05, 4.69) is 10.5 Å². The van der Waals surface area contributed by atoms with Crippen molar-refractivity contribution in [1.82, 2.24) is 5.16 Å². The summed E-state index contributed by atoms with van der Waals surface area (Å²) in [7, 11) is 0. The molecule has 0 aliphatic heterocycles. The second kappa shape index (κ2) is 9.54. The quantitative estimate of drug-likeness (QED) is 0.531. The number of amides is 1. The average molecular weight is 402 g/mol. The highest BCUT2D eigenvalue weighted by Crippen LogP contribution is 2.20. The highest BCUT2D eigenvalue weighted by Gasteiger charge is 2.20. The Balaban J connectivity index is 1.98. The van der Waals surface area contributed by atoms with E-state index in [9.17, 15) is 19.5 Å². The summed E-state index contributed by atoms with van der Waals surface area (Å²) in [4.78, 5) is 35.1. The molecule has 0 unspecified atom stereocenters. The van der Waals surface area contributed by atoms with Crippen LogP contribution in [0.3, 0.4) is 0 Å². The molecule has 29 heavy (non-hydrogen) atoms. The van der Waals surface area contributed by atoms with Crippen LogP contribution < -0.4 is 5.32 Å². The Morgan fingerprint density at radius 3 is 2.52 bits per heavy atom. The first kappa shape index (κ1) is 21.7. The maximum absolute atomic E-state index is 11.9. The Kier molecular flexibility index (Phi) is 7.13. The molecule has 0 fully saturated rings. The van der Waals surface area contributed by atoms with Gasteiger partial charge in [-0.1, -0.05) is 41.6 Å². The maximum atomic E-state index is 11.9. The molecule has 1 aromatic carbocycles. The minimum absolute atomic E-state index is 0.0203. The molecule has 154 valence electrons. The normalized spacial score (nSPS) is 11.6. The number of carbonyl (C=O) groups is 3. The molecular weight excluding hydrogens is 380 g/mol. The van der Waals surface area contributed by atoms with E-state index in [0.29, 0.717) is 0 Å². The van der Waals surface area contributed by atoms with E-state index in [1.54, 1.807) is 32.9 Å². The Bertz CT molecular complexity index is 895. The van der Waals surface area contributed by atoms with E-state index in [4.69, 9.17) is 14.0 Å². The minimum Gasteiger partial charge on any atom is -0.478 e. The number of nitrogens with zero attached hydrogens (tertiary/aromatic N) is 1. The van der Waals surface area contributed by atoms with Crippen LogP contribution in [0.4, 0.5) is 10.6 Å². The molecule has 1 amide bonds. The maximum Gasteiger partial charge on any atom is 0.413 e. The Morgan fingerprint density at radius 1 is 1.21 bits per heavy atom. The predicted octanol–water partition coefficient (Wildman–Crippen LogP) is 3.62. The molecule has 0 bridgehead atoms. The van der Waals surface area contributed by atoms with Crippen molar-refractivity contribution >= 4 is 29.4 Å². The molecule has 1 aromatic heterocycles. The first-order valence-electron chi connectivity index (χ1n) is 8.74. The molecule has 2 rings (SSSR count). The third kappa shape index (κ3) is 7.49. The molecule has 0 spiro atoms. The number of nitrogens with one attached hydrogen (secondary N) is 1. The summed E-state index contributed by atoms with van der Waals surface area (Å²) in [6.45, 7) is 5.18. The van der Waals surface area contributed by atoms with Crippen molar-refractivity contribution in [2.45, 2.75) is 39.4 Å². The summed E-state index contributed by atoms with van der Waals surface area (Å²) >= 11 is 0. The number of anilines is 1. The molecule has 1 heterocycles. The molecule has 0 aliphatic rings. The minimum atomic E-state index is -1.32. The van der Waals surface area contributed by atoms with Gasteiger partial charge in [-0.15, -0.1) is 0 Å². The number of carboxylic acid groups (broad SMARTS) is 1. The molecular formula is C20H22N2O7. The molecule has 0 atom stereocenters. The van der Waals surface area contributed by atoms with Crippen molar-refractivity contribution in [3.05, 3.63) is 53.8 Å². The summed E-state index contributed by atoms with van der Waals surface area (Å²) in [5.74, 6) is -2.06. The van der Waals surface area contributed by atoms with E-state index in [1.165, 1.54) is 6.07 Å². The van der Waals surface area contributed by atoms with Crippen LogP contribution in [0.15, 0.2) is 47.0 Å². The van der Waals surface area contributed by atoms with Gasteiger partial charge in [0.25, 0.3) is 0 Å². The smallest absolute Gasteiger partial charge is 0.413 e. The number of rotatable bonds is 7. The predicted molar refractivity (Wildman–Crippen MR) is 103 cm³/mol. The Hall–Kier alpha value is -3.62. The summed E-state index contributed by atoms with van der Waals surface area (Å²) < 4.78 is 15.1. The summed E-state index contributed by atoms with van der Waals surface area (Å²) in [6.07, 6.45) is 0.125. The number of ether oxygens (including phenoxy) is 2. The third-order valence-electron chi connectivity index (χ3n) is 3.35. The van der Waals surface area contributed by atoms with Crippen LogP contribution in [0.2, 0.25) is 0 Å². The van der Waals surface area contributed by atoms with E-state index in [1.807, 2.05) is 18.2 Å². The van der Waals surface area contributed by atoms with E-state index in [-0.39, 0.29) is 30.2 Å². The lowest BCUT2D eigenvalue weighted by Crippen LogP contribution is -2.27. The van der Waals surface area contributed by atoms with Crippen LogP contribution in [0.5, 0.6) is 0 Å². The zero-order chi connectivity index (χ0) is 21.4. The van der Waals surface area contributed by atoms with Crippen molar-refractivity contribution < 1.29 is 33.5 Å². The number of aromatic nitrogens is 1. The third-order valence-corrected chi connectivity index (χ3v) is 3.35. The zero-order valence-corrected chi connectivity index (χ0v) is 16.3.